The highest BCUT2D eigenvalue weighted by Gasteiger charge is 2.53. The van der Waals surface area contributed by atoms with Gasteiger partial charge in [-0.2, -0.15) is 0 Å². The summed E-state index contributed by atoms with van der Waals surface area (Å²) in [4.78, 5) is 47.7. The third kappa shape index (κ3) is 7.58. The van der Waals surface area contributed by atoms with Crippen molar-refractivity contribution < 1.29 is 52.3 Å². The highest BCUT2D eigenvalue weighted by atomic mass is 16.7. The molecule has 0 amide bonds. The summed E-state index contributed by atoms with van der Waals surface area (Å²) >= 11 is 0. The van der Waals surface area contributed by atoms with Crippen LogP contribution in [0.15, 0.2) is 12.1 Å². The summed E-state index contributed by atoms with van der Waals surface area (Å²) in [5.74, 6) is -1.87. The molecule has 11 heteroatoms. The first-order valence-electron chi connectivity index (χ1n) is 11.7. The first-order valence-corrected chi connectivity index (χ1v) is 11.7. The lowest BCUT2D eigenvalue weighted by Gasteiger charge is -2.45. The number of aryl methyl sites for hydroxylation is 1. The Kier molecular flexibility index (Phi) is 10.5. The average molecular weight is 511 g/mol. The number of benzene rings is 1. The van der Waals surface area contributed by atoms with Crippen LogP contribution in [0, 0.1) is 6.92 Å². The second-order valence-electron chi connectivity index (χ2n) is 8.17. The van der Waals surface area contributed by atoms with Crippen LogP contribution in [0.2, 0.25) is 0 Å². The van der Waals surface area contributed by atoms with Crippen LogP contribution < -0.4 is 9.47 Å². The number of rotatable bonds is 10. The Bertz CT molecular complexity index is 958. The molecule has 0 radical (unpaired) electrons. The number of hydrogen-bond donors (Lipinski definition) is 0. The number of ether oxygens (including phenoxy) is 7. The number of carbonyl (C=O) groups is 4. The molecule has 1 aliphatic rings. The van der Waals surface area contributed by atoms with Gasteiger partial charge in [-0.3, -0.25) is 19.2 Å². The molecule has 2 rings (SSSR count). The van der Waals surface area contributed by atoms with Crippen LogP contribution in [0.3, 0.4) is 0 Å². The van der Waals surface area contributed by atoms with E-state index in [0.29, 0.717) is 30.3 Å². The van der Waals surface area contributed by atoms with Crippen molar-refractivity contribution >= 4 is 23.9 Å². The summed E-state index contributed by atoms with van der Waals surface area (Å²) in [5.41, 5.74) is 1.25. The van der Waals surface area contributed by atoms with E-state index in [2.05, 4.69) is 0 Å². The Hall–Kier alpha value is -3.34. The Balaban J connectivity index is 2.74. The molecule has 1 fully saturated rings. The van der Waals surface area contributed by atoms with Gasteiger partial charge in [-0.25, -0.2) is 0 Å². The molecule has 1 aromatic carbocycles. The molecule has 11 nitrogen and oxygen atoms in total. The molecule has 36 heavy (non-hydrogen) atoms. The molecular weight excluding hydrogens is 476 g/mol. The second-order valence-corrected chi connectivity index (χ2v) is 8.17. The van der Waals surface area contributed by atoms with Gasteiger partial charge in [0.2, 0.25) is 0 Å². The zero-order valence-corrected chi connectivity index (χ0v) is 21.7. The van der Waals surface area contributed by atoms with Crippen LogP contribution in [-0.2, 0) is 42.9 Å². The number of carbonyl (C=O) groups excluding carboxylic acids is 4. The molecule has 0 saturated carbocycles. The van der Waals surface area contributed by atoms with Crippen LogP contribution in [-0.4, -0.2) is 68.1 Å². The zero-order valence-electron chi connectivity index (χ0n) is 21.7. The molecule has 1 aromatic rings. The summed E-state index contributed by atoms with van der Waals surface area (Å²) in [5, 5.41) is 0. The van der Waals surface area contributed by atoms with E-state index in [-0.39, 0.29) is 6.61 Å². The van der Waals surface area contributed by atoms with E-state index >= 15 is 0 Å². The summed E-state index contributed by atoms with van der Waals surface area (Å²) < 4.78 is 39.7. The largest absolute Gasteiger partial charge is 0.490 e. The molecule has 0 N–H and O–H groups in total. The standard InChI is InChI=1S/C25H34O11/c1-8-30-19-11-13(3)10-18(21(19)31-9-2)22-24(34-16(6)28)25(35-17(7)29)23(33-15(5)27)20(36-22)12-32-14(4)26/h10-11,20,22-25H,8-9,12H2,1-7H3/t20-,22?,23-,24+,25+/m1/s1. The van der Waals surface area contributed by atoms with Crippen molar-refractivity contribution in [3.8, 4) is 11.5 Å². The molecule has 0 spiro atoms. The first-order chi connectivity index (χ1) is 17.0. The van der Waals surface area contributed by atoms with Crippen molar-refractivity contribution in [2.75, 3.05) is 19.8 Å². The molecule has 0 bridgehead atoms. The van der Waals surface area contributed by atoms with Gasteiger partial charge in [0.05, 0.1) is 13.2 Å². The van der Waals surface area contributed by atoms with E-state index in [1.807, 2.05) is 13.8 Å². The fraction of sp³-hybridized carbons (Fsp3) is 0.600. The van der Waals surface area contributed by atoms with Crippen molar-refractivity contribution in [3.63, 3.8) is 0 Å². The van der Waals surface area contributed by atoms with Gasteiger partial charge in [0, 0.05) is 33.3 Å². The lowest BCUT2D eigenvalue weighted by atomic mass is 9.89. The monoisotopic (exact) mass is 510 g/mol. The Labute approximate surface area is 210 Å². The van der Waals surface area contributed by atoms with E-state index in [1.165, 1.54) is 27.7 Å². The highest BCUT2D eigenvalue weighted by molar-refractivity contribution is 5.69. The van der Waals surface area contributed by atoms with Gasteiger partial charge < -0.3 is 33.2 Å². The Morgan fingerprint density at radius 2 is 1.33 bits per heavy atom. The van der Waals surface area contributed by atoms with E-state index < -0.39 is 54.4 Å². The van der Waals surface area contributed by atoms with Crippen LogP contribution in [0.1, 0.15) is 58.8 Å². The zero-order chi connectivity index (χ0) is 27.0. The van der Waals surface area contributed by atoms with E-state index in [4.69, 9.17) is 33.2 Å². The fourth-order valence-corrected chi connectivity index (χ4v) is 4.02. The summed E-state index contributed by atoms with van der Waals surface area (Å²) in [6.45, 7) is 10.6. The van der Waals surface area contributed by atoms with Gasteiger partial charge in [0.15, 0.2) is 29.8 Å². The minimum Gasteiger partial charge on any atom is -0.490 e. The highest BCUT2D eigenvalue weighted by Crippen LogP contribution is 2.44. The van der Waals surface area contributed by atoms with Crippen molar-refractivity contribution in [1.82, 2.24) is 0 Å². The summed E-state index contributed by atoms with van der Waals surface area (Å²) in [6, 6.07) is 3.57. The normalized spacial score (nSPS) is 23.2. The summed E-state index contributed by atoms with van der Waals surface area (Å²) in [7, 11) is 0. The van der Waals surface area contributed by atoms with Gasteiger partial charge >= 0.3 is 23.9 Å². The van der Waals surface area contributed by atoms with E-state index in [1.54, 1.807) is 19.1 Å². The van der Waals surface area contributed by atoms with Crippen molar-refractivity contribution in [2.45, 2.75) is 79.0 Å². The topological polar surface area (TPSA) is 133 Å². The minimum absolute atomic E-state index is 0.293. The Morgan fingerprint density at radius 1 is 0.778 bits per heavy atom. The van der Waals surface area contributed by atoms with Gasteiger partial charge in [0.25, 0.3) is 0 Å². The van der Waals surface area contributed by atoms with Gasteiger partial charge in [-0.15, -0.1) is 0 Å². The van der Waals surface area contributed by atoms with Crippen molar-refractivity contribution in [3.05, 3.63) is 23.3 Å². The predicted molar refractivity (Wildman–Crippen MR) is 124 cm³/mol. The maximum absolute atomic E-state index is 12.1. The second kappa shape index (κ2) is 13.1. The predicted octanol–water partition coefficient (Wildman–Crippen LogP) is 2.59. The fourth-order valence-electron chi connectivity index (χ4n) is 4.02. The molecule has 1 heterocycles. The van der Waals surface area contributed by atoms with E-state index in [0.717, 1.165) is 5.56 Å². The molecule has 1 aliphatic heterocycles. The maximum atomic E-state index is 12.1. The smallest absolute Gasteiger partial charge is 0.303 e. The number of esters is 4. The number of hydrogen-bond acceptors (Lipinski definition) is 11. The first kappa shape index (κ1) is 28.9. The molecule has 0 aliphatic carbocycles. The van der Waals surface area contributed by atoms with Crippen LogP contribution >= 0.6 is 0 Å². The SMILES string of the molecule is CCOc1cc(C)cc(C2O[C@H](COC(C)=O)[C@@H](OC(C)=O)[C@H](OC(C)=O)[C@H]2OC(C)=O)c1OCC. The van der Waals surface area contributed by atoms with Gasteiger partial charge in [-0.1, -0.05) is 0 Å². The van der Waals surface area contributed by atoms with Crippen molar-refractivity contribution in [1.29, 1.82) is 0 Å². The quantitative estimate of drug-likeness (QED) is 0.340. The minimum atomic E-state index is -1.28. The lowest BCUT2D eigenvalue weighted by Crippen LogP contribution is -2.59. The Morgan fingerprint density at radius 3 is 1.86 bits per heavy atom. The maximum Gasteiger partial charge on any atom is 0.303 e. The van der Waals surface area contributed by atoms with E-state index in [9.17, 15) is 19.2 Å². The third-order valence-electron chi connectivity index (χ3n) is 5.11. The van der Waals surface area contributed by atoms with Gasteiger partial charge in [0.1, 0.15) is 18.8 Å². The lowest BCUT2D eigenvalue weighted by molar-refractivity contribution is -0.254. The molecule has 5 atom stereocenters. The molecular formula is C25H34O11. The molecule has 1 unspecified atom stereocenters. The molecule has 200 valence electrons. The third-order valence-corrected chi connectivity index (χ3v) is 5.11. The van der Waals surface area contributed by atoms with Crippen LogP contribution in [0.4, 0.5) is 0 Å². The van der Waals surface area contributed by atoms with Crippen molar-refractivity contribution in [2.24, 2.45) is 0 Å². The average Bonchev–Trinajstić information content (AvgIpc) is 2.76. The van der Waals surface area contributed by atoms with Crippen LogP contribution in [0.25, 0.3) is 0 Å². The molecule has 0 aromatic heterocycles. The van der Waals surface area contributed by atoms with Crippen LogP contribution in [0.5, 0.6) is 11.5 Å². The summed E-state index contributed by atoms with van der Waals surface area (Å²) in [6.07, 6.45) is -5.88. The molecule has 1 saturated heterocycles. The van der Waals surface area contributed by atoms with Gasteiger partial charge in [-0.05, 0) is 38.5 Å².